The Labute approximate surface area is 74.4 Å². The van der Waals surface area contributed by atoms with Crippen LogP contribution < -0.4 is 0 Å². The molecule has 1 fully saturated rings. The van der Waals surface area contributed by atoms with Gasteiger partial charge in [-0.05, 0) is 32.9 Å². The minimum Gasteiger partial charge on any atom is -0.299 e. The molecule has 1 heterocycles. The lowest BCUT2D eigenvalue weighted by Crippen LogP contribution is -2.33. The molecular weight excluding hydrogens is 162 g/mol. The first-order valence-corrected chi connectivity index (χ1v) is 4.01. The fraction of sp³-hybridized carbons (Fsp3) is 0.875. The fourth-order valence-electron chi connectivity index (χ4n) is 1.43. The van der Waals surface area contributed by atoms with Gasteiger partial charge in [-0.25, -0.2) is 0 Å². The number of carbonyl (C=O) groups excluding carboxylic acids is 1. The Balaban J connectivity index is 0.000001000. The van der Waals surface area contributed by atoms with E-state index in [-0.39, 0.29) is 12.4 Å². The number of nitrogens with zero attached hydrogens (tertiary/aromatic N) is 1. The van der Waals surface area contributed by atoms with Crippen molar-refractivity contribution in [3.8, 4) is 0 Å². The average Bonchev–Trinajstić information content (AvgIpc) is 1.88. The molecule has 11 heavy (non-hydrogen) atoms. The van der Waals surface area contributed by atoms with E-state index in [0.717, 1.165) is 13.1 Å². The normalized spacial score (nSPS) is 19.0. The number of ketones is 1. The first kappa shape index (κ1) is 10.9. The Kier molecular flexibility index (Phi) is 5.51. The maximum Gasteiger partial charge on any atom is 0.143 e. The lowest BCUT2D eigenvalue weighted by atomic mass is 10.1. The molecule has 1 saturated heterocycles. The molecule has 0 unspecified atom stereocenters. The van der Waals surface area contributed by atoms with Crippen LogP contribution in [0.2, 0.25) is 0 Å². The third-order valence-corrected chi connectivity index (χ3v) is 1.89. The molecule has 0 aromatic carbocycles. The molecule has 0 bridgehead atoms. The number of Topliss-reactive ketones (excluding diaryl/α,β-unsaturated/α-hetero) is 1. The van der Waals surface area contributed by atoms with E-state index < -0.39 is 0 Å². The van der Waals surface area contributed by atoms with Crippen molar-refractivity contribution in [1.29, 1.82) is 0 Å². The van der Waals surface area contributed by atoms with Gasteiger partial charge in [0, 0.05) is 0 Å². The SMILES string of the molecule is CC(=O)CN1CCCCC1.Cl. The van der Waals surface area contributed by atoms with Gasteiger partial charge in [0.2, 0.25) is 0 Å². The van der Waals surface area contributed by atoms with Crippen LogP contribution in [0.5, 0.6) is 0 Å². The molecule has 1 aliphatic rings. The van der Waals surface area contributed by atoms with E-state index in [4.69, 9.17) is 0 Å². The topological polar surface area (TPSA) is 20.3 Å². The molecule has 1 aliphatic heterocycles. The molecule has 0 radical (unpaired) electrons. The lowest BCUT2D eigenvalue weighted by molar-refractivity contribution is -0.118. The molecule has 66 valence electrons. The number of halogens is 1. The predicted molar refractivity (Wildman–Crippen MR) is 48.2 cm³/mol. The monoisotopic (exact) mass is 177 g/mol. The number of carbonyl (C=O) groups is 1. The number of likely N-dealkylation sites (tertiary alicyclic amines) is 1. The third-order valence-electron chi connectivity index (χ3n) is 1.89. The van der Waals surface area contributed by atoms with E-state index in [1.54, 1.807) is 6.92 Å². The van der Waals surface area contributed by atoms with E-state index in [9.17, 15) is 4.79 Å². The van der Waals surface area contributed by atoms with Gasteiger partial charge in [0.1, 0.15) is 5.78 Å². The molecule has 0 aromatic rings. The zero-order chi connectivity index (χ0) is 7.40. The van der Waals surface area contributed by atoms with Gasteiger partial charge >= 0.3 is 0 Å². The zero-order valence-electron chi connectivity index (χ0n) is 7.01. The van der Waals surface area contributed by atoms with Crippen LogP contribution in [0.1, 0.15) is 26.2 Å². The second-order valence-electron chi connectivity index (χ2n) is 3.04. The van der Waals surface area contributed by atoms with Gasteiger partial charge in [0.15, 0.2) is 0 Å². The minimum absolute atomic E-state index is 0. The Hall–Kier alpha value is -0.0800. The highest BCUT2D eigenvalue weighted by molar-refractivity contribution is 5.85. The van der Waals surface area contributed by atoms with Crippen LogP contribution in [-0.2, 0) is 4.79 Å². The van der Waals surface area contributed by atoms with Crippen molar-refractivity contribution in [2.45, 2.75) is 26.2 Å². The molecule has 0 amide bonds. The van der Waals surface area contributed by atoms with Crippen molar-refractivity contribution < 1.29 is 4.79 Å². The second kappa shape index (κ2) is 5.56. The summed E-state index contributed by atoms with van der Waals surface area (Å²) in [6.45, 7) is 4.58. The van der Waals surface area contributed by atoms with Crippen LogP contribution in [0.15, 0.2) is 0 Å². The summed E-state index contributed by atoms with van der Waals surface area (Å²) in [4.78, 5) is 12.9. The van der Waals surface area contributed by atoms with Crippen LogP contribution in [-0.4, -0.2) is 30.3 Å². The predicted octanol–water partition coefficient (Wildman–Crippen LogP) is 1.48. The number of hydrogen-bond acceptors (Lipinski definition) is 2. The summed E-state index contributed by atoms with van der Waals surface area (Å²) < 4.78 is 0. The Bertz CT molecular complexity index is 121. The smallest absolute Gasteiger partial charge is 0.143 e. The quantitative estimate of drug-likeness (QED) is 0.637. The van der Waals surface area contributed by atoms with Gasteiger partial charge in [-0.3, -0.25) is 9.69 Å². The molecule has 0 spiro atoms. The first-order chi connectivity index (χ1) is 4.79. The van der Waals surface area contributed by atoms with E-state index in [0.29, 0.717) is 12.3 Å². The van der Waals surface area contributed by atoms with Crippen LogP contribution >= 0.6 is 12.4 Å². The van der Waals surface area contributed by atoms with Gasteiger partial charge in [0.05, 0.1) is 6.54 Å². The summed E-state index contributed by atoms with van der Waals surface area (Å²) in [5, 5.41) is 0. The van der Waals surface area contributed by atoms with Crippen LogP contribution in [0.4, 0.5) is 0 Å². The number of hydrogen-bond donors (Lipinski definition) is 0. The van der Waals surface area contributed by atoms with Gasteiger partial charge in [-0.15, -0.1) is 12.4 Å². The maximum atomic E-state index is 10.7. The Morgan fingerprint density at radius 3 is 2.27 bits per heavy atom. The lowest BCUT2D eigenvalue weighted by Gasteiger charge is -2.24. The third kappa shape index (κ3) is 4.38. The first-order valence-electron chi connectivity index (χ1n) is 4.01. The second-order valence-corrected chi connectivity index (χ2v) is 3.04. The molecule has 0 saturated carbocycles. The fourth-order valence-corrected chi connectivity index (χ4v) is 1.43. The number of piperidine rings is 1. The molecule has 1 rings (SSSR count). The number of rotatable bonds is 2. The molecule has 3 heteroatoms. The summed E-state index contributed by atoms with van der Waals surface area (Å²) in [6.07, 6.45) is 3.88. The molecule has 0 N–H and O–H groups in total. The largest absolute Gasteiger partial charge is 0.299 e. The van der Waals surface area contributed by atoms with Crippen molar-refractivity contribution in [2.75, 3.05) is 19.6 Å². The van der Waals surface area contributed by atoms with E-state index in [2.05, 4.69) is 4.90 Å². The standard InChI is InChI=1S/C8H15NO.ClH/c1-8(10)7-9-5-3-2-4-6-9;/h2-7H2,1H3;1H. The van der Waals surface area contributed by atoms with Crippen molar-refractivity contribution in [3.63, 3.8) is 0 Å². The molecule has 2 nitrogen and oxygen atoms in total. The molecule has 0 aromatic heterocycles. The van der Waals surface area contributed by atoms with Crippen molar-refractivity contribution in [3.05, 3.63) is 0 Å². The highest BCUT2D eigenvalue weighted by Gasteiger charge is 2.10. The van der Waals surface area contributed by atoms with E-state index >= 15 is 0 Å². The average molecular weight is 178 g/mol. The maximum absolute atomic E-state index is 10.7. The van der Waals surface area contributed by atoms with Crippen LogP contribution in [0.25, 0.3) is 0 Å². The van der Waals surface area contributed by atoms with Gasteiger partial charge < -0.3 is 0 Å². The summed E-state index contributed by atoms with van der Waals surface area (Å²) >= 11 is 0. The summed E-state index contributed by atoms with van der Waals surface area (Å²) in [7, 11) is 0. The van der Waals surface area contributed by atoms with E-state index in [1.807, 2.05) is 0 Å². The van der Waals surface area contributed by atoms with Crippen LogP contribution in [0.3, 0.4) is 0 Å². The van der Waals surface area contributed by atoms with E-state index in [1.165, 1.54) is 19.3 Å². The zero-order valence-corrected chi connectivity index (χ0v) is 7.82. The molecule has 0 atom stereocenters. The van der Waals surface area contributed by atoms with Gasteiger partial charge in [-0.2, -0.15) is 0 Å². The molecule has 0 aliphatic carbocycles. The highest BCUT2D eigenvalue weighted by Crippen LogP contribution is 2.07. The van der Waals surface area contributed by atoms with Crippen molar-refractivity contribution >= 4 is 18.2 Å². The summed E-state index contributed by atoms with van der Waals surface area (Å²) in [5.41, 5.74) is 0. The van der Waals surface area contributed by atoms with Crippen LogP contribution in [0, 0.1) is 0 Å². The molecular formula is C8H16ClNO. The summed E-state index contributed by atoms with van der Waals surface area (Å²) in [5.74, 6) is 0.293. The van der Waals surface area contributed by atoms with Crippen molar-refractivity contribution in [2.24, 2.45) is 0 Å². The van der Waals surface area contributed by atoms with Gasteiger partial charge in [-0.1, -0.05) is 6.42 Å². The van der Waals surface area contributed by atoms with Crippen molar-refractivity contribution in [1.82, 2.24) is 4.90 Å². The Morgan fingerprint density at radius 1 is 1.27 bits per heavy atom. The minimum atomic E-state index is 0. The highest BCUT2D eigenvalue weighted by atomic mass is 35.5. The van der Waals surface area contributed by atoms with Gasteiger partial charge in [0.25, 0.3) is 0 Å². The Morgan fingerprint density at radius 2 is 1.82 bits per heavy atom. The summed E-state index contributed by atoms with van der Waals surface area (Å²) in [6, 6.07) is 0.